The molecule has 3 rings (SSSR count). The van der Waals surface area contributed by atoms with Crippen LogP contribution in [0.3, 0.4) is 0 Å². The number of piperazine rings is 1. The Hall–Kier alpha value is -2.05. The van der Waals surface area contributed by atoms with E-state index in [2.05, 4.69) is 10.00 Å². The molecule has 1 saturated heterocycles. The van der Waals surface area contributed by atoms with Gasteiger partial charge in [0.15, 0.2) is 0 Å². The topological polar surface area (TPSA) is 50.6 Å². The maximum Gasteiger partial charge on any atom is 0.224 e. The highest BCUT2D eigenvalue weighted by molar-refractivity contribution is 6.32. The van der Waals surface area contributed by atoms with Gasteiger partial charge in [-0.15, -0.1) is 0 Å². The summed E-state index contributed by atoms with van der Waals surface area (Å²) in [6, 6.07) is 9.45. The van der Waals surface area contributed by atoms with Crippen LogP contribution in [0.15, 0.2) is 36.5 Å². The average Bonchev–Trinajstić information content (AvgIpc) is 3.07. The van der Waals surface area contributed by atoms with Crippen molar-refractivity contribution in [3.05, 3.63) is 47.2 Å². The molecule has 1 aliphatic heterocycles. The number of para-hydroxylation sites is 1. The molecule has 0 aliphatic carbocycles. The van der Waals surface area contributed by atoms with Gasteiger partial charge in [-0.25, -0.2) is 0 Å². The first-order chi connectivity index (χ1) is 12.6. The molecule has 0 unspecified atom stereocenters. The van der Waals surface area contributed by atoms with Crippen molar-refractivity contribution >= 4 is 17.5 Å². The van der Waals surface area contributed by atoms with Crippen LogP contribution < -0.4 is 4.74 Å². The zero-order valence-electron chi connectivity index (χ0n) is 15.1. The Morgan fingerprint density at radius 3 is 2.62 bits per heavy atom. The van der Waals surface area contributed by atoms with Gasteiger partial charge in [0.1, 0.15) is 12.4 Å². The van der Waals surface area contributed by atoms with Crippen LogP contribution in [0.5, 0.6) is 5.75 Å². The summed E-state index contributed by atoms with van der Waals surface area (Å²) < 4.78 is 7.57. The lowest BCUT2D eigenvalue weighted by Crippen LogP contribution is -2.49. The molecular formula is C19H25ClN4O2. The fourth-order valence-corrected chi connectivity index (χ4v) is 3.21. The lowest BCUT2D eigenvalue weighted by molar-refractivity contribution is -0.133. The van der Waals surface area contributed by atoms with E-state index in [1.807, 2.05) is 53.0 Å². The highest BCUT2D eigenvalue weighted by Crippen LogP contribution is 2.22. The number of hydrogen-bond donors (Lipinski definition) is 0. The van der Waals surface area contributed by atoms with E-state index in [9.17, 15) is 4.79 Å². The first kappa shape index (κ1) is 18.7. The fourth-order valence-electron chi connectivity index (χ4n) is 3.02. The van der Waals surface area contributed by atoms with Gasteiger partial charge in [0.2, 0.25) is 5.91 Å². The smallest absolute Gasteiger partial charge is 0.224 e. The second kappa shape index (κ2) is 9.05. The molecule has 0 atom stereocenters. The third kappa shape index (κ3) is 5.22. The molecule has 6 nitrogen and oxygen atoms in total. The molecule has 7 heteroatoms. The number of amides is 1. The number of carbonyl (C=O) groups excluding carboxylic acids is 1. The molecule has 0 spiro atoms. The molecule has 1 fully saturated rings. The zero-order chi connectivity index (χ0) is 18.4. The van der Waals surface area contributed by atoms with Crippen LogP contribution in [0, 0.1) is 6.92 Å². The number of aromatic nitrogens is 2. The average molecular weight is 377 g/mol. The van der Waals surface area contributed by atoms with Crippen molar-refractivity contribution in [2.24, 2.45) is 0 Å². The Labute approximate surface area is 159 Å². The molecule has 0 bridgehead atoms. The molecule has 0 saturated carbocycles. The Morgan fingerprint density at radius 1 is 1.15 bits per heavy atom. The van der Waals surface area contributed by atoms with Crippen molar-refractivity contribution < 1.29 is 9.53 Å². The SMILES string of the molecule is Cc1ccn(CCC(=O)N2CCN(CCOc3ccccc3Cl)CC2)n1. The standard InChI is InChI=1S/C19H25ClN4O2/c1-16-6-8-24(21-16)9-7-19(25)23-12-10-22(11-13-23)14-15-26-18-5-3-2-4-17(18)20/h2-6,8H,7,9-15H2,1H3. The maximum atomic E-state index is 12.3. The molecule has 1 aliphatic rings. The van der Waals surface area contributed by atoms with E-state index in [0.717, 1.165) is 44.2 Å². The summed E-state index contributed by atoms with van der Waals surface area (Å²) in [5.41, 5.74) is 0.977. The van der Waals surface area contributed by atoms with Crippen LogP contribution >= 0.6 is 11.6 Å². The Balaban J connectivity index is 1.34. The van der Waals surface area contributed by atoms with Gasteiger partial charge in [-0.2, -0.15) is 5.10 Å². The van der Waals surface area contributed by atoms with Crippen LogP contribution in [-0.4, -0.2) is 64.8 Å². The van der Waals surface area contributed by atoms with Gasteiger partial charge in [0.05, 0.1) is 10.7 Å². The van der Waals surface area contributed by atoms with Gasteiger partial charge in [-0.3, -0.25) is 14.4 Å². The molecule has 2 heterocycles. The molecular weight excluding hydrogens is 352 g/mol. The van der Waals surface area contributed by atoms with Crippen molar-refractivity contribution in [2.75, 3.05) is 39.3 Å². The van der Waals surface area contributed by atoms with E-state index in [-0.39, 0.29) is 5.91 Å². The van der Waals surface area contributed by atoms with Gasteiger partial charge in [-0.1, -0.05) is 23.7 Å². The summed E-state index contributed by atoms with van der Waals surface area (Å²) in [4.78, 5) is 16.6. The highest BCUT2D eigenvalue weighted by Gasteiger charge is 2.20. The molecule has 1 amide bonds. The summed E-state index contributed by atoms with van der Waals surface area (Å²) >= 11 is 6.09. The van der Waals surface area contributed by atoms with Crippen molar-refractivity contribution in [2.45, 2.75) is 19.9 Å². The van der Waals surface area contributed by atoms with Crippen molar-refractivity contribution in [1.29, 1.82) is 0 Å². The fraction of sp³-hybridized carbons (Fsp3) is 0.474. The molecule has 1 aromatic carbocycles. The van der Waals surface area contributed by atoms with Gasteiger partial charge < -0.3 is 9.64 Å². The van der Waals surface area contributed by atoms with Gasteiger partial charge in [0.25, 0.3) is 0 Å². The molecule has 26 heavy (non-hydrogen) atoms. The third-order valence-electron chi connectivity index (χ3n) is 4.56. The van der Waals surface area contributed by atoms with E-state index < -0.39 is 0 Å². The molecule has 0 N–H and O–H groups in total. The summed E-state index contributed by atoms with van der Waals surface area (Å²) in [6.07, 6.45) is 2.41. The van der Waals surface area contributed by atoms with Gasteiger partial charge in [-0.05, 0) is 25.1 Å². The Kier molecular flexibility index (Phi) is 6.52. The first-order valence-corrected chi connectivity index (χ1v) is 9.37. The number of aryl methyl sites for hydroxylation is 2. The second-order valence-electron chi connectivity index (χ2n) is 6.47. The number of hydrogen-bond acceptors (Lipinski definition) is 4. The van der Waals surface area contributed by atoms with Crippen LogP contribution in [0.4, 0.5) is 0 Å². The number of rotatable bonds is 7. The minimum absolute atomic E-state index is 0.199. The normalized spacial score (nSPS) is 15.2. The van der Waals surface area contributed by atoms with Crippen molar-refractivity contribution in [1.82, 2.24) is 19.6 Å². The number of nitrogens with zero attached hydrogens (tertiary/aromatic N) is 4. The van der Waals surface area contributed by atoms with Crippen LogP contribution in [0.2, 0.25) is 5.02 Å². The van der Waals surface area contributed by atoms with Gasteiger partial charge >= 0.3 is 0 Å². The molecule has 2 aromatic rings. The van der Waals surface area contributed by atoms with E-state index in [1.54, 1.807) is 0 Å². The minimum atomic E-state index is 0.199. The lowest BCUT2D eigenvalue weighted by Gasteiger charge is -2.34. The summed E-state index contributed by atoms with van der Waals surface area (Å²) in [6.45, 7) is 7.30. The molecule has 1 aromatic heterocycles. The van der Waals surface area contributed by atoms with E-state index in [4.69, 9.17) is 16.3 Å². The summed E-state index contributed by atoms with van der Waals surface area (Å²) in [5.74, 6) is 0.918. The maximum absolute atomic E-state index is 12.3. The predicted molar refractivity (Wildman–Crippen MR) is 102 cm³/mol. The third-order valence-corrected chi connectivity index (χ3v) is 4.87. The Morgan fingerprint density at radius 2 is 1.92 bits per heavy atom. The quantitative estimate of drug-likeness (QED) is 0.744. The summed E-state index contributed by atoms with van der Waals surface area (Å²) in [5, 5.41) is 4.95. The van der Waals surface area contributed by atoms with Crippen molar-refractivity contribution in [3.8, 4) is 5.75 Å². The second-order valence-corrected chi connectivity index (χ2v) is 6.88. The van der Waals surface area contributed by atoms with Gasteiger partial charge in [0, 0.05) is 51.9 Å². The van der Waals surface area contributed by atoms with Crippen LogP contribution in [-0.2, 0) is 11.3 Å². The molecule has 140 valence electrons. The van der Waals surface area contributed by atoms with Crippen LogP contribution in [0.25, 0.3) is 0 Å². The summed E-state index contributed by atoms with van der Waals surface area (Å²) in [7, 11) is 0. The van der Waals surface area contributed by atoms with E-state index >= 15 is 0 Å². The number of benzene rings is 1. The van der Waals surface area contributed by atoms with E-state index in [1.165, 1.54) is 0 Å². The first-order valence-electron chi connectivity index (χ1n) is 8.99. The Bertz CT molecular complexity index is 726. The largest absolute Gasteiger partial charge is 0.491 e. The minimum Gasteiger partial charge on any atom is -0.491 e. The molecule has 0 radical (unpaired) electrons. The van der Waals surface area contributed by atoms with E-state index in [0.29, 0.717) is 24.6 Å². The monoisotopic (exact) mass is 376 g/mol. The van der Waals surface area contributed by atoms with Crippen molar-refractivity contribution in [3.63, 3.8) is 0 Å². The highest BCUT2D eigenvalue weighted by atomic mass is 35.5. The number of halogens is 1. The van der Waals surface area contributed by atoms with Crippen LogP contribution in [0.1, 0.15) is 12.1 Å². The zero-order valence-corrected chi connectivity index (χ0v) is 15.9. The number of ether oxygens (including phenoxy) is 1. The lowest BCUT2D eigenvalue weighted by atomic mass is 10.2. The predicted octanol–water partition coefficient (Wildman–Crippen LogP) is 2.46. The number of carbonyl (C=O) groups is 1.